The molecular weight excluding hydrogens is 177 g/mol. The van der Waals surface area contributed by atoms with Crippen molar-refractivity contribution >= 4 is 11.8 Å². The van der Waals surface area contributed by atoms with Crippen molar-refractivity contribution < 1.29 is 4.39 Å². The van der Waals surface area contributed by atoms with Gasteiger partial charge in [-0.3, -0.25) is 0 Å². The zero-order valence-electron chi connectivity index (χ0n) is 6.90. The van der Waals surface area contributed by atoms with E-state index in [1.165, 1.54) is 6.07 Å². The Labute approximate surface area is 76.7 Å². The number of rotatable bonds is 3. The van der Waals surface area contributed by atoms with Crippen LogP contribution in [-0.2, 0) is 6.42 Å². The summed E-state index contributed by atoms with van der Waals surface area (Å²) in [4.78, 5) is 2.46. The van der Waals surface area contributed by atoms with E-state index in [0.29, 0.717) is 18.5 Å². The smallest absolute Gasteiger partial charge is 0.126 e. The molecule has 0 aliphatic heterocycles. The summed E-state index contributed by atoms with van der Waals surface area (Å²) < 4.78 is 13.1. The van der Waals surface area contributed by atoms with E-state index < -0.39 is 0 Å². The summed E-state index contributed by atoms with van der Waals surface area (Å²) in [5.74, 6) is -0.151. The van der Waals surface area contributed by atoms with Gasteiger partial charge in [-0.15, -0.1) is 0 Å². The van der Waals surface area contributed by atoms with Gasteiger partial charge in [-0.05, 0) is 42.3 Å². The van der Waals surface area contributed by atoms with Gasteiger partial charge in [0.25, 0.3) is 0 Å². The van der Waals surface area contributed by atoms with Crippen LogP contribution in [0.25, 0.3) is 0 Å². The fraction of sp³-hybridized carbons (Fsp3) is 0.333. The minimum Gasteiger partial charge on any atom is -0.233 e. The van der Waals surface area contributed by atoms with Crippen molar-refractivity contribution in [1.82, 2.24) is 4.84 Å². The number of benzene rings is 1. The lowest BCUT2D eigenvalue weighted by atomic mass is 10.1. The molecule has 0 saturated carbocycles. The van der Waals surface area contributed by atoms with Gasteiger partial charge in [0.1, 0.15) is 5.82 Å². The van der Waals surface area contributed by atoms with Crippen molar-refractivity contribution in [3.8, 4) is 0 Å². The van der Waals surface area contributed by atoms with Crippen LogP contribution >= 0.6 is 11.8 Å². The van der Waals surface area contributed by atoms with E-state index in [2.05, 4.69) is 4.84 Å². The lowest BCUT2D eigenvalue weighted by Gasteiger charge is -2.02. The summed E-state index contributed by atoms with van der Waals surface area (Å²) >= 11 is 5.26. The first kappa shape index (κ1) is 9.49. The Kier molecular flexibility index (Phi) is 3.50. The molecule has 3 heteroatoms. The summed E-state index contributed by atoms with van der Waals surface area (Å²) in [5.41, 5.74) is 1.64. The first-order valence-corrected chi connectivity index (χ1v) is 4.20. The van der Waals surface area contributed by atoms with Gasteiger partial charge in [0, 0.05) is 6.54 Å². The van der Waals surface area contributed by atoms with E-state index in [0.717, 1.165) is 5.56 Å². The molecule has 1 aromatic carbocycles. The van der Waals surface area contributed by atoms with Gasteiger partial charge >= 0.3 is 0 Å². The lowest BCUT2D eigenvalue weighted by Crippen LogP contribution is -2.05. The van der Waals surface area contributed by atoms with Crippen LogP contribution in [-0.4, -0.2) is 6.54 Å². The predicted octanol–water partition coefficient (Wildman–Crippen LogP) is 2.42. The number of hydrogen-bond donors (Lipinski definition) is 1. The van der Waals surface area contributed by atoms with Gasteiger partial charge in [-0.25, -0.2) is 9.23 Å². The number of nitrogens with one attached hydrogen (secondary N) is 1. The predicted molar refractivity (Wildman–Crippen MR) is 48.7 cm³/mol. The SMILES string of the molecule is Cc1ccc(CCNCl)c(F)c1. The highest BCUT2D eigenvalue weighted by Gasteiger charge is 2.00. The second-order valence-electron chi connectivity index (χ2n) is 2.73. The number of halogens is 2. The van der Waals surface area contributed by atoms with Crippen molar-refractivity contribution in [2.45, 2.75) is 13.3 Å². The maximum absolute atomic E-state index is 13.1. The van der Waals surface area contributed by atoms with Gasteiger partial charge in [-0.1, -0.05) is 12.1 Å². The standard InChI is InChI=1S/C9H11ClFN/c1-7-2-3-8(4-5-12-10)9(11)6-7/h2-3,6,12H,4-5H2,1H3. The van der Waals surface area contributed by atoms with Crippen molar-refractivity contribution in [3.05, 3.63) is 35.1 Å². The van der Waals surface area contributed by atoms with Crippen LogP contribution in [0.15, 0.2) is 18.2 Å². The number of hydrogen-bond acceptors (Lipinski definition) is 1. The molecule has 66 valence electrons. The van der Waals surface area contributed by atoms with Crippen molar-refractivity contribution in [2.75, 3.05) is 6.54 Å². The van der Waals surface area contributed by atoms with Gasteiger partial charge in [0.05, 0.1) is 0 Å². The molecule has 0 amide bonds. The summed E-state index contributed by atoms with van der Waals surface area (Å²) in [5, 5.41) is 0. The third kappa shape index (κ3) is 2.47. The molecule has 0 heterocycles. The Morgan fingerprint density at radius 3 is 2.83 bits per heavy atom. The largest absolute Gasteiger partial charge is 0.233 e. The van der Waals surface area contributed by atoms with Gasteiger partial charge < -0.3 is 0 Å². The molecule has 0 aliphatic rings. The van der Waals surface area contributed by atoms with Crippen LogP contribution in [0.5, 0.6) is 0 Å². The van der Waals surface area contributed by atoms with Gasteiger partial charge in [0.15, 0.2) is 0 Å². The lowest BCUT2D eigenvalue weighted by molar-refractivity contribution is 0.607. The Hall–Kier alpha value is -0.600. The van der Waals surface area contributed by atoms with E-state index in [9.17, 15) is 4.39 Å². The molecule has 1 nitrogen and oxygen atoms in total. The molecule has 1 aromatic rings. The van der Waals surface area contributed by atoms with Crippen molar-refractivity contribution in [3.63, 3.8) is 0 Å². The Morgan fingerprint density at radius 2 is 2.25 bits per heavy atom. The van der Waals surface area contributed by atoms with Crippen LogP contribution in [0, 0.1) is 12.7 Å². The molecule has 0 saturated heterocycles. The summed E-state index contributed by atoms with van der Waals surface area (Å²) in [6.45, 7) is 2.45. The van der Waals surface area contributed by atoms with Gasteiger partial charge in [0.2, 0.25) is 0 Å². The first-order chi connectivity index (χ1) is 5.74. The molecule has 1 N–H and O–H groups in total. The molecule has 12 heavy (non-hydrogen) atoms. The van der Waals surface area contributed by atoms with Crippen molar-refractivity contribution in [1.29, 1.82) is 0 Å². The third-order valence-electron chi connectivity index (χ3n) is 1.70. The molecule has 0 bridgehead atoms. The topological polar surface area (TPSA) is 12.0 Å². The minimum atomic E-state index is -0.151. The normalized spacial score (nSPS) is 10.2. The molecule has 0 unspecified atom stereocenters. The number of aryl methyl sites for hydroxylation is 1. The second kappa shape index (κ2) is 4.43. The van der Waals surface area contributed by atoms with Crippen LogP contribution in [0.1, 0.15) is 11.1 Å². The molecule has 0 spiro atoms. The second-order valence-corrected chi connectivity index (χ2v) is 3.00. The summed E-state index contributed by atoms with van der Waals surface area (Å²) in [6.07, 6.45) is 0.621. The van der Waals surface area contributed by atoms with Crippen LogP contribution < -0.4 is 4.84 Å². The molecule has 0 aromatic heterocycles. The molecule has 0 aliphatic carbocycles. The quantitative estimate of drug-likeness (QED) is 0.717. The maximum Gasteiger partial charge on any atom is 0.126 e. The highest BCUT2D eigenvalue weighted by molar-refractivity contribution is 6.13. The monoisotopic (exact) mass is 187 g/mol. The third-order valence-corrected chi connectivity index (χ3v) is 1.89. The molecule has 0 fully saturated rings. The van der Waals surface area contributed by atoms with Crippen molar-refractivity contribution in [2.24, 2.45) is 0 Å². The summed E-state index contributed by atoms with van der Waals surface area (Å²) in [7, 11) is 0. The van der Waals surface area contributed by atoms with Crippen LogP contribution in [0.3, 0.4) is 0 Å². The van der Waals surface area contributed by atoms with E-state index >= 15 is 0 Å². The molecule has 1 rings (SSSR count). The molecule has 0 atom stereocenters. The zero-order valence-corrected chi connectivity index (χ0v) is 7.66. The summed E-state index contributed by atoms with van der Waals surface area (Å²) in [6, 6.07) is 5.22. The van der Waals surface area contributed by atoms with Crippen LogP contribution in [0.4, 0.5) is 4.39 Å². The Morgan fingerprint density at radius 1 is 1.50 bits per heavy atom. The molecular formula is C9H11ClFN. The highest BCUT2D eigenvalue weighted by atomic mass is 35.5. The fourth-order valence-corrected chi connectivity index (χ4v) is 1.13. The van der Waals surface area contributed by atoms with Crippen LogP contribution in [0.2, 0.25) is 0 Å². The van der Waals surface area contributed by atoms with E-state index in [4.69, 9.17) is 11.8 Å². The first-order valence-electron chi connectivity index (χ1n) is 3.82. The fourth-order valence-electron chi connectivity index (χ4n) is 1.04. The van der Waals surface area contributed by atoms with E-state index in [1.54, 1.807) is 6.07 Å². The average Bonchev–Trinajstić information content (AvgIpc) is 2.03. The van der Waals surface area contributed by atoms with E-state index in [1.807, 2.05) is 13.0 Å². The highest BCUT2D eigenvalue weighted by Crippen LogP contribution is 2.09. The maximum atomic E-state index is 13.1. The average molecular weight is 188 g/mol. The Balaban J connectivity index is 2.72. The van der Waals surface area contributed by atoms with E-state index in [-0.39, 0.29) is 5.82 Å². The van der Waals surface area contributed by atoms with Gasteiger partial charge in [-0.2, -0.15) is 0 Å². The molecule has 0 radical (unpaired) electrons. The minimum absolute atomic E-state index is 0.151. The Bertz CT molecular complexity index is 263. The zero-order chi connectivity index (χ0) is 8.97.